The maximum Gasteiger partial charge on any atom is 0.265 e. The predicted octanol–water partition coefficient (Wildman–Crippen LogP) is 4.66. The predicted molar refractivity (Wildman–Crippen MR) is 95.1 cm³/mol. The lowest BCUT2D eigenvalue weighted by molar-refractivity contribution is -0.122. The van der Waals surface area contributed by atoms with Gasteiger partial charge in [-0.2, -0.15) is 0 Å². The van der Waals surface area contributed by atoms with Crippen LogP contribution in [0, 0.1) is 13.8 Å². The van der Waals surface area contributed by atoms with E-state index in [9.17, 15) is 4.79 Å². The van der Waals surface area contributed by atoms with Crippen molar-refractivity contribution in [2.45, 2.75) is 46.6 Å². The highest BCUT2D eigenvalue weighted by atomic mass is 16.5. The van der Waals surface area contributed by atoms with Crippen LogP contribution in [0.25, 0.3) is 0 Å². The first-order chi connectivity index (χ1) is 11.0. The molecule has 0 aliphatic carbocycles. The van der Waals surface area contributed by atoms with Crippen molar-refractivity contribution in [2.75, 3.05) is 5.32 Å². The molecule has 23 heavy (non-hydrogen) atoms. The number of anilines is 1. The van der Waals surface area contributed by atoms with Crippen molar-refractivity contribution >= 4 is 11.6 Å². The van der Waals surface area contributed by atoms with Gasteiger partial charge in [0.25, 0.3) is 5.91 Å². The van der Waals surface area contributed by atoms with Crippen molar-refractivity contribution in [2.24, 2.45) is 0 Å². The molecule has 0 aromatic heterocycles. The minimum atomic E-state index is -0.499. The van der Waals surface area contributed by atoms with Gasteiger partial charge in [-0.15, -0.1) is 0 Å². The molecule has 0 spiro atoms. The summed E-state index contributed by atoms with van der Waals surface area (Å²) in [7, 11) is 0. The van der Waals surface area contributed by atoms with Crippen LogP contribution in [-0.4, -0.2) is 12.0 Å². The fraction of sp³-hybridized carbons (Fsp3) is 0.350. The highest BCUT2D eigenvalue weighted by Gasteiger charge is 2.19. The summed E-state index contributed by atoms with van der Waals surface area (Å²) in [5.74, 6) is 0.658. The molecule has 1 amide bonds. The Hall–Kier alpha value is -2.29. The fourth-order valence-electron chi connectivity index (χ4n) is 2.37. The molecule has 122 valence electrons. The van der Waals surface area contributed by atoms with E-state index in [1.54, 1.807) is 0 Å². The average molecular weight is 311 g/mol. The lowest BCUT2D eigenvalue weighted by Crippen LogP contribution is -2.32. The lowest BCUT2D eigenvalue weighted by Gasteiger charge is -2.19. The van der Waals surface area contributed by atoms with E-state index < -0.39 is 6.10 Å². The zero-order chi connectivity index (χ0) is 16.8. The first kappa shape index (κ1) is 17.1. The minimum absolute atomic E-state index is 0.113. The molecule has 0 unspecified atom stereocenters. The molecule has 0 bridgehead atoms. The summed E-state index contributed by atoms with van der Waals surface area (Å²) in [6, 6.07) is 13.8. The number of carbonyl (C=O) groups excluding carboxylic acids is 1. The number of rotatable bonds is 6. The summed E-state index contributed by atoms with van der Waals surface area (Å²) in [6.45, 7) is 8.12. The molecule has 0 radical (unpaired) electrons. The second-order valence-corrected chi connectivity index (χ2v) is 5.75. The van der Waals surface area contributed by atoms with Gasteiger partial charge in [0.1, 0.15) is 5.75 Å². The molecule has 2 aromatic carbocycles. The zero-order valence-electron chi connectivity index (χ0n) is 14.3. The molecule has 0 heterocycles. The maximum atomic E-state index is 12.5. The van der Waals surface area contributed by atoms with E-state index in [0.29, 0.717) is 6.42 Å². The average Bonchev–Trinajstić information content (AvgIpc) is 2.56. The van der Waals surface area contributed by atoms with E-state index in [1.165, 1.54) is 5.56 Å². The van der Waals surface area contributed by atoms with Crippen LogP contribution in [0.4, 0.5) is 5.69 Å². The quantitative estimate of drug-likeness (QED) is 0.842. The molecule has 3 heteroatoms. The topological polar surface area (TPSA) is 38.3 Å². The van der Waals surface area contributed by atoms with E-state index >= 15 is 0 Å². The summed E-state index contributed by atoms with van der Waals surface area (Å²) < 4.78 is 5.94. The normalized spacial score (nSPS) is 11.8. The van der Waals surface area contributed by atoms with Gasteiger partial charge in [-0.3, -0.25) is 4.79 Å². The van der Waals surface area contributed by atoms with Gasteiger partial charge in [0.05, 0.1) is 0 Å². The molecule has 0 aliphatic rings. The van der Waals surface area contributed by atoms with E-state index in [-0.39, 0.29) is 5.91 Å². The molecule has 1 N–H and O–H groups in total. The Balaban J connectivity index is 2.07. The van der Waals surface area contributed by atoms with Crippen LogP contribution < -0.4 is 10.1 Å². The van der Waals surface area contributed by atoms with Crippen LogP contribution in [0.1, 0.15) is 37.0 Å². The van der Waals surface area contributed by atoms with Gasteiger partial charge in [0, 0.05) is 5.69 Å². The molecule has 0 saturated heterocycles. The van der Waals surface area contributed by atoms with Gasteiger partial charge < -0.3 is 10.1 Å². The van der Waals surface area contributed by atoms with Crippen LogP contribution in [-0.2, 0) is 11.2 Å². The lowest BCUT2D eigenvalue weighted by atomic mass is 10.1. The van der Waals surface area contributed by atoms with Crippen LogP contribution in [0.3, 0.4) is 0 Å². The number of nitrogens with one attached hydrogen (secondary N) is 1. The molecule has 2 aromatic rings. The molecule has 0 fully saturated rings. The Kier molecular flexibility index (Phi) is 5.80. The van der Waals surface area contributed by atoms with Gasteiger partial charge in [-0.05, 0) is 61.6 Å². The van der Waals surface area contributed by atoms with Crippen molar-refractivity contribution in [3.05, 3.63) is 59.2 Å². The Morgan fingerprint density at radius 3 is 2.39 bits per heavy atom. The smallest absolute Gasteiger partial charge is 0.265 e. The number of hydrogen-bond donors (Lipinski definition) is 1. The highest BCUT2D eigenvalue weighted by Crippen LogP contribution is 2.23. The summed E-state index contributed by atoms with van der Waals surface area (Å²) in [6.07, 6.45) is 1.11. The minimum Gasteiger partial charge on any atom is -0.480 e. The Bertz CT molecular complexity index is 662. The van der Waals surface area contributed by atoms with Crippen molar-refractivity contribution in [1.82, 2.24) is 0 Å². The standard InChI is InChI=1S/C20H25NO2/c1-5-16-10-12-17(13-11-16)21-20(22)18(6-2)23-19-9-7-8-14(3)15(19)4/h7-13,18H,5-6H2,1-4H3,(H,21,22)/t18-/m0/s1. The summed E-state index contributed by atoms with van der Waals surface area (Å²) in [5.41, 5.74) is 4.29. The number of hydrogen-bond acceptors (Lipinski definition) is 2. The van der Waals surface area contributed by atoms with Crippen LogP contribution in [0.15, 0.2) is 42.5 Å². The first-order valence-electron chi connectivity index (χ1n) is 8.17. The van der Waals surface area contributed by atoms with E-state index in [1.807, 2.05) is 63.2 Å². The van der Waals surface area contributed by atoms with Gasteiger partial charge in [0.2, 0.25) is 0 Å². The molecular weight excluding hydrogens is 286 g/mol. The van der Waals surface area contributed by atoms with Crippen molar-refractivity contribution in [3.63, 3.8) is 0 Å². The third-order valence-corrected chi connectivity index (χ3v) is 4.12. The number of ether oxygens (including phenoxy) is 1. The second-order valence-electron chi connectivity index (χ2n) is 5.75. The molecule has 1 atom stereocenters. The molecular formula is C20H25NO2. The maximum absolute atomic E-state index is 12.5. The highest BCUT2D eigenvalue weighted by molar-refractivity contribution is 5.94. The number of benzene rings is 2. The summed E-state index contributed by atoms with van der Waals surface area (Å²) in [4.78, 5) is 12.5. The van der Waals surface area contributed by atoms with E-state index in [4.69, 9.17) is 4.74 Å². The van der Waals surface area contributed by atoms with Gasteiger partial charge in [0.15, 0.2) is 6.10 Å². The molecule has 3 nitrogen and oxygen atoms in total. The number of amides is 1. The summed E-state index contributed by atoms with van der Waals surface area (Å²) >= 11 is 0. The Morgan fingerprint density at radius 2 is 1.78 bits per heavy atom. The first-order valence-corrected chi connectivity index (χ1v) is 8.17. The fourth-order valence-corrected chi connectivity index (χ4v) is 2.37. The monoisotopic (exact) mass is 311 g/mol. The molecule has 0 saturated carbocycles. The van der Waals surface area contributed by atoms with E-state index in [2.05, 4.69) is 12.2 Å². The second kappa shape index (κ2) is 7.82. The zero-order valence-corrected chi connectivity index (χ0v) is 14.3. The van der Waals surface area contributed by atoms with Gasteiger partial charge in [-0.25, -0.2) is 0 Å². The largest absolute Gasteiger partial charge is 0.480 e. The van der Waals surface area contributed by atoms with Crippen molar-refractivity contribution < 1.29 is 9.53 Å². The summed E-state index contributed by atoms with van der Waals surface area (Å²) in [5, 5.41) is 2.93. The van der Waals surface area contributed by atoms with Gasteiger partial charge in [-0.1, -0.05) is 38.1 Å². The molecule has 0 aliphatic heterocycles. The van der Waals surface area contributed by atoms with Gasteiger partial charge >= 0.3 is 0 Å². The third-order valence-electron chi connectivity index (χ3n) is 4.12. The Morgan fingerprint density at radius 1 is 1.09 bits per heavy atom. The van der Waals surface area contributed by atoms with Crippen molar-refractivity contribution in [1.29, 1.82) is 0 Å². The van der Waals surface area contributed by atoms with Crippen LogP contribution in [0.2, 0.25) is 0 Å². The third kappa shape index (κ3) is 4.35. The van der Waals surface area contributed by atoms with Crippen molar-refractivity contribution in [3.8, 4) is 5.75 Å². The van der Waals surface area contributed by atoms with Crippen LogP contribution in [0.5, 0.6) is 5.75 Å². The van der Waals surface area contributed by atoms with Crippen LogP contribution >= 0.6 is 0 Å². The number of aryl methyl sites for hydroxylation is 2. The Labute approximate surface area is 138 Å². The SMILES string of the molecule is CCc1ccc(NC(=O)[C@H](CC)Oc2cccc(C)c2C)cc1. The molecule has 2 rings (SSSR count). The number of carbonyl (C=O) groups is 1. The van der Waals surface area contributed by atoms with E-state index in [0.717, 1.165) is 29.0 Å².